The highest BCUT2D eigenvalue weighted by Gasteiger charge is 2.12. The van der Waals surface area contributed by atoms with Crippen molar-refractivity contribution < 1.29 is 4.79 Å². The Bertz CT molecular complexity index is 753. The number of aryl methyl sites for hydroxylation is 2. The third-order valence-electron chi connectivity index (χ3n) is 2.95. The van der Waals surface area contributed by atoms with E-state index in [1.54, 1.807) is 19.2 Å². The van der Waals surface area contributed by atoms with Gasteiger partial charge >= 0.3 is 5.69 Å². The van der Waals surface area contributed by atoms with Gasteiger partial charge in [0.15, 0.2) is 0 Å². The van der Waals surface area contributed by atoms with Gasteiger partial charge in [0, 0.05) is 7.05 Å². The predicted octanol–water partition coefficient (Wildman–Crippen LogP) is 0.598. The Hall–Kier alpha value is -2.17. The molecule has 2 aromatic rings. The molecule has 0 fully saturated rings. The fourth-order valence-electron chi connectivity index (χ4n) is 2.15. The lowest BCUT2D eigenvalue weighted by Crippen LogP contribution is -2.40. The normalized spacial score (nSPS) is 10.8. The number of hydrogen-bond donors (Lipinski definition) is 0. The lowest BCUT2D eigenvalue weighted by Gasteiger charge is -2.11. The fourth-order valence-corrected chi connectivity index (χ4v) is 2.15. The van der Waals surface area contributed by atoms with E-state index in [1.165, 1.54) is 11.5 Å². The minimum atomic E-state index is -0.461. The molecule has 0 spiro atoms. The Morgan fingerprint density at radius 2 is 1.94 bits per heavy atom. The summed E-state index contributed by atoms with van der Waals surface area (Å²) in [4.78, 5) is 35.4. The molecule has 0 N–H and O–H groups in total. The lowest BCUT2D eigenvalue weighted by atomic mass is 10.1. The van der Waals surface area contributed by atoms with Gasteiger partial charge in [-0.15, -0.1) is 0 Å². The number of ketones is 1. The van der Waals surface area contributed by atoms with Crippen molar-refractivity contribution in [3.05, 3.63) is 44.6 Å². The highest BCUT2D eigenvalue weighted by Crippen LogP contribution is 2.12. The average molecular weight is 246 g/mol. The topological polar surface area (TPSA) is 61.1 Å². The predicted molar refractivity (Wildman–Crippen MR) is 68.9 cm³/mol. The van der Waals surface area contributed by atoms with E-state index >= 15 is 0 Å². The molecule has 0 aliphatic heterocycles. The number of Topliss-reactive ketones (excluding diaryl/α,β-unsaturated/α-hetero) is 1. The molecule has 0 saturated heterocycles. The third kappa shape index (κ3) is 1.77. The van der Waals surface area contributed by atoms with E-state index in [-0.39, 0.29) is 12.3 Å². The van der Waals surface area contributed by atoms with E-state index in [0.717, 1.165) is 10.1 Å². The van der Waals surface area contributed by atoms with Crippen LogP contribution >= 0.6 is 0 Å². The van der Waals surface area contributed by atoms with Crippen LogP contribution in [0, 0.1) is 6.92 Å². The van der Waals surface area contributed by atoms with E-state index in [9.17, 15) is 14.4 Å². The smallest absolute Gasteiger partial charge is 0.298 e. The molecule has 0 aliphatic carbocycles. The lowest BCUT2D eigenvalue weighted by molar-refractivity contribution is -0.117. The van der Waals surface area contributed by atoms with Crippen LogP contribution in [0.4, 0.5) is 0 Å². The molecule has 1 heterocycles. The van der Waals surface area contributed by atoms with Crippen LogP contribution in [0.3, 0.4) is 0 Å². The van der Waals surface area contributed by atoms with Gasteiger partial charge in [-0.25, -0.2) is 4.79 Å². The summed E-state index contributed by atoms with van der Waals surface area (Å²) in [6, 6.07) is 5.28. The SMILES string of the molecule is CC(=O)Cn1c(=O)c2cccc(C)c2n(C)c1=O. The van der Waals surface area contributed by atoms with Crippen LogP contribution in [0.1, 0.15) is 12.5 Å². The van der Waals surface area contributed by atoms with Gasteiger partial charge < -0.3 is 0 Å². The van der Waals surface area contributed by atoms with E-state index in [4.69, 9.17) is 0 Å². The van der Waals surface area contributed by atoms with Crippen molar-refractivity contribution in [2.24, 2.45) is 7.05 Å². The van der Waals surface area contributed by atoms with Crippen molar-refractivity contribution in [1.29, 1.82) is 0 Å². The first-order chi connectivity index (χ1) is 8.43. The molecule has 18 heavy (non-hydrogen) atoms. The van der Waals surface area contributed by atoms with Crippen LogP contribution < -0.4 is 11.2 Å². The van der Waals surface area contributed by atoms with Crippen LogP contribution in [-0.4, -0.2) is 14.9 Å². The molecule has 1 aromatic carbocycles. The number of fused-ring (bicyclic) bond motifs is 1. The fraction of sp³-hybridized carbons (Fsp3) is 0.308. The van der Waals surface area contributed by atoms with E-state index in [1.807, 2.05) is 13.0 Å². The number of nitrogens with zero attached hydrogens (tertiary/aromatic N) is 2. The zero-order valence-electron chi connectivity index (χ0n) is 10.6. The van der Waals surface area contributed by atoms with E-state index in [2.05, 4.69) is 0 Å². The largest absolute Gasteiger partial charge is 0.331 e. The van der Waals surface area contributed by atoms with Crippen molar-refractivity contribution in [1.82, 2.24) is 9.13 Å². The van der Waals surface area contributed by atoms with Gasteiger partial charge in [0.1, 0.15) is 5.78 Å². The van der Waals surface area contributed by atoms with Gasteiger partial charge in [-0.2, -0.15) is 0 Å². The monoisotopic (exact) mass is 246 g/mol. The van der Waals surface area contributed by atoms with Crippen molar-refractivity contribution in [3.63, 3.8) is 0 Å². The summed E-state index contributed by atoms with van der Waals surface area (Å²) in [6.45, 7) is 3.01. The van der Waals surface area contributed by atoms with Gasteiger partial charge in [0.05, 0.1) is 17.4 Å². The summed E-state index contributed by atoms with van der Waals surface area (Å²) in [5, 5.41) is 0.457. The van der Waals surface area contributed by atoms with Gasteiger partial charge in [-0.05, 0) is 25.5 Å². The molecular weight excluding hydrogens is 232 g/mol. The van der Waals surface area contributed by atoms with Gasteiger partial charge in [0.2, 0.25) is 0 Å². The Morgan fingerprint density at radius 3 is 2.56 bits per heavy atom. The van der Waals surface area contributed by atoms with Gasteiger partial charge in [-0.3, -0.25) is 18.7 Å². The number of benzene rings is 1. The molecule has 0 aliphatic rings. The van der Waals surface area contributed by atoms with E-state index < -0.39 is 11.2 Å². The highest BCUT2D eigenvalue weighted by atomic mass is 16.2. The van der Waals surface area contributed by atoms with Crippen molar-refractivity contribution in [2.45, 2.75) is 20.4 Å². The summed E-state index contributed by atoms with van der Waals surface area (Å²) in [7, 11) is 1.60. The minimum absolute atomic E-state index is 0.185. The first kappa shape index (κ1) is 12.3. The third-order valence-corrected chi connectivity index (χ3v) is 2.95. The minimum Gasteiger partial charge on any atom is -0.298 e. The average Bonchev–Trinajstić information content (AvgIpc) is 2.31. The van der Waals surface area contributed by atoms with Crippen molar-refractivity contribution in [2.75, 3.05) is 0 Å². The second-order valence-corrected chi connectivity index (χ2v) is 4.41. The highest BCUT2D eigenvalue weighted by molar-refractivity contribution is 5.81. The van der Waals surface area contributed by atoms with E-state index in [0.29, 0.717) is 10.9 Å². The number of hydrogen-bond acceptors (Lipinski definition) is 3. The summed E-state index contributed by atoms with van der Waals surface area (Å²) in [5.41, 5.74) is 0.607. The molecule has 0 bridgehead atoms. The molecule has 0 atom stereocenters. The number of carbonyl (C=O) groups is 1. The van der Waals surface area contributed by atoms with Crippen LogP contribution in [0.2, 0.25) is 0 Å². The maximum Gasteiger partial charge on any atom is 0.331 e. The second-order valence-electron chi connectivity index (χ2n) is 4.41. The van der Waals surface area contributed by atoms with Crippen LogP contribution in [0.25, 0.3) is 10.9 Å². The number of carbonyl (C=O) groups excluding carboxylic acids is 1. The number of aromatic nitrogens is 2. The zero-order valence-corrected chi connectivity index (χ0v) is 10.6. The molecule has 94 valence electrons. The summed E-state index contributed by atoms with van der Waals surface area (Å²) in [5.74, 6) is -0.221. The molecule has 0 amide bonds. The number of para-hydroxylation sites is 1. The van der Waals surface area contributed by atoms with Crippen molar-refractivity contribution in [3.8, 4) is 0 Å². The molecule has 0 saturated carbocycles. The van der Waals surface area contributed by atoms with Gasteiger partial charge in [-0.1, -0.05) is 12.1 Å². The quantitative estimate of drug-likeness (QED) is 0.779. The Balaban J connectivity index is 2.98. The first-order valence-corrected chi connectivity index (χ1v) is 5.62. The summed E-state index contributed by atoms with van der Waals surface area (Å²) in [6.07, 6.45) is 0. The summed E-state index contributed by atoms with van der Waals surface area (Å²) < 4.78 is 2.39. The Kier molecular flexibility index (Phi) is 2.90. The molecular formula is C13H14N2O3. The molecule has 0 unspecified atom stereocenters. The van der Waals surface area contributed by atoms with Crippen LogP contribution in [-0.2, 0) is 18.4 Å². The standard InChI is InChI=1S/C13H14N2O3/c1-8-5-4-6-10-11(8)14(3)13(18)15(12(10)17)7-9(2)16/h4-6H,7H2,1-3H3. The van der Waals surface area contributed by atoms with Crippen LogP contribution in [0.5, 0.6) is 0 Å². The Labute approximate surface area is 103 Å². The Morgan fingerprint density at radius 1 is 1.28 bits per heavy atom. The zero-order chi connectivity index (χ0) is 13.4. The molecule has 2 rings (SSSR count). The van der Waals surface area contributed by atoms with Crippen LogP contribution in [0.15, 0.2) is 27.8 Å². The molecule has 5 heteroatoms. The molecule has 5 nitrogen and oxygen atoms in total. The molecule has 1 aromatic heterocycles. The van der Waals surface area contributed by atoms with Gasteiger partial charge in [0.25, 0.3) is 5.56 Å². The van der Waals surface area contributed by atoms with Crippen molar-refractivity contribution >= 4 is 16.7 Å². The molecule has 0 radical (unpaired) electrons. The maximum absolute atomic E-state index is 12.2. The second kappa shape index (κ2) is 4.25. The maximum atomic E-state index is 12.2. The summed E-state index contributed by atoms with van der Waals surface area (Å²) >= 11 is 0. The number of rotatable bonds is 2. The first-order valence-electron chi connectivity index (χ1n) is 5.62.